The van der Waals surface area contributed by atoms with Crippen LogP contribution >= 0.6 is 27.7 Å². The van der Waals surface area contributed by atoms with E-state index < -0.39 is 5.97 Å². The van der Waals surface area contributed by atoms with Gasteiger partial charge in [0.25, 0.3) is 0 Å². The molecule has 0 aliphatic rings. The van der Waals surface area contributed by atoms with Crippen molar-refractivity contribution in [1.82, 2.24) is 9.97 Å². The van der Waals surface area contributed by atoms with Gasteiger partial charge in [0.1, 0.15) is 0 Å². The number of carbonyl (C=O) groups is 1. The lowest BCUT2D eigenvalue weighted by atomic mass is 10.2. The second-order valence-electron chi connectivity index (χ2n) is 3.76. The van der Waals surface area contributed by atoms with E-state index in [4.69, 9.17) is 9.47 Å². The molecule has 1 N–H and O–H groups in total. The summed E-state index contributed by atoms with van der Waals surface area (Å²) in [5.74, 6) is -0.340. The molecule has 2 rings (SSSR count). The van der Waals surface area contributed by atoms with Gasteiger partial charge < -0.3 is 14.6 Å². The molecule has 2 aromatic rings. The number of methoxy groups -OCH3 is 2. The largest absolute Gasteiger partial charge is 0.481 e. The second kappa shape index (κ2) is 6.77. The van der Waals surface area contributed by atoms with Gasteiger partial charge in [0.15, 0.2) is 5.16 Å². The SMILES string of the molecule is COc1cc(OC)nc(Sc2cccc(Br)c2C(=O)O)n1. The zero-order valence-electron chi connectivity index (χ0n) is 11.2. The van der Waals surface area contributed by atoms with Crippen molar-refractivity contribution in [3.05, 3.63) is 34.3 Å². The van der Waals surface area contributed by atoms with Gasteiger partial charge in [0.2, 0.25) is 11.8 Å². The average molecular weight is 371 g/mol. The van der Waals surface area contributed by atoms with Crippen molar-refractivity contribution in [2.75, 3.05) is 14.2 Å². The summed E-state index contributed by atoms with van der Waals surface area (Å²) in [6.07, 6.45) is 0. The summed E-state index contributed by atoms with van der Waals surface area (Å²) in [4.78, 5) is 20.2. The Labute approximate surface area is 133 Å². The third-order valence-corrected chi connectivity index (χ3v) is 4.05. The lowest BCUT2D eigenvalue weighted by Crippen LogP contribution is -2.01. The molecule has 1 aromatic carbocycles. The monoisotopic (exact) mass is 370 g/mol. The normalized spacial score (nSPS) is 10.2. The van der Waals surface area contributed by atoms with E-state index in [0.29, 0.717) is 26.3 Å². The van der Waals surface area contributed by atoms with E-state index in [-0.39, 0.29) is 5.56 Å². The molecule has 0 bridgehead atoms. The summed E-state index contributed by atoms with van der Waals surface area (Å²) >= 11 is 4.36. The minimum atomic E-state index is -1.03. The molecule has 6 nitrogen and oxygen atoms in total. The number of hydrogen-bond donors (Lipinski definition) is 1. The van der Waals surface area contributed by atoms with Crippen molar-refractivity contribution >= 4 is 33.7 Å². The number of aromatic nitrogens is 2. The average Bonchev–Trinajstić information content (AvgIpc) is 2.46. The van der Waals surface area contributed by atoms with Crippen LogP contribution in [0.2, 0.25) is 0 Å². The van der Waals surface area contributed by atoms with Gasteiger partial charge in [0, 0.05) is 9.37 Å². The molecule has 0 saturated carbocycles. The number of ether oxygens (including phenoxy) is 2. The summed E-state index contributed by atoms with van der Waals surface area (Å²) in [5.41, 5.74) is 0.160. The van der Waals surface area contributed by atoms with Gasteiger partial charge in [-0.2, -0.15) is 9.97 Å². The number of carboxylic acid groups (broad SMARTS) is 1. The van der Waals surface area contributed by atoms with E-state index in [1.54, 1.807) is 24.3 Å². The van der Waals surface area contributed by atoms with Crippen molar-refractivity contribution in [2.45, 2.75) is 10.1 Å². The molecule has 0 amide bonds. The van der Waals surface area contributed by atoms with Gasteiger partial charge in [-0.1, -0.05) is 6.07 Å². The number of hydrogen-bond acceptors (Lipinski definition) is 6. The highest BCUT2D eigenvalue weighted by Gasteiger charge is 2.17. The molecule has 0 unspecified atom stereocenters. The first-order chi connectivity index (χ1) is 10.0. The molecule has 0 spiro atoms. The summed E-state index contributed by atoms with van der Waals surface area (Å²) in [5, 5.41) is 9.63. The second-order valence-corrected chi connectivity index (χ2v) is 5.62. The van der Waals surface area contributed by atoms with Crippen LogP contribution in [0.1, 0.15) is 10.4 Å². The summed E-state index contributed by atoms with van der Waals surface area (Å²) < 4.78 is 10.6. The first kappa shape index (κ1) is 15.6. The number of carboxylic acids is 1. The van der Waals surface area contributed by atoms with Crippen LogP contribution in [0.4, 0.5) is 0 Å². The summed E-state index contributed by atoms with van der Waals surface area (Å²) in [6, 6.07) is 6.65. The fourth-order valence-electron chi connectivity index (χ4n) is 1.53. The van der Waals surface area contributed by atoms with E-state index in [2.05, 4.69) is 25.9 Å². The van der Waals surface area contributed by atoms with Crippen LogP contribution in [0.5, 0.6) is 11.8 Å². The summed E-state index contributed by atoms with van der Waals surface area (Å²) in [7, 11) is 2.97. The molecule has 0 radical (unpaired) electrons. The molecule has 1 heterocycles. The standard InChI is InChI=1S/C13H11BrN2O4S/c1-19-9-6-10(20-2)16-13(15-9)21-8-5-3-4-7(14)11(8)12(17)18/h3-6H,1-2H3,(H,17,18). The molecule has 0 aliphatic heterocycles. The van der Waals surface area contributed by atoms with Crippen LogP contribution in [0.15, 0.2) is 38.8 Å². The van der Waals surface area contributed by atoms with Gasteiger partial charge in [-0.15, -0.1) is 0 Å². The number of aromatic carboxylic acids is 1. The Morgan fingerprint density at radius 2 is 1.86 bits per heavy atom. The Morgan fingerprint density at radius 1 is 1.24 bits per heavy atom. The van der Waals surface area contributed by atoms with Crippen LogP contribution < -0.4 is 9.47 Å². The predicted octanol–water partition coefficient (Wildman–Crippen LogP) is 3.11. The maximum atomic E-state index is 11.3. The summed E-state index contributed by atoms with van der Waals surface area (Å²) in [6.45, 7) is 0. The topological polar surface area (TPSA) is 81.5 Å². The molecular formula is C13H11BrN2O4S. The Bertz CT molecular complexity index is 659. The molecular weight excluding hydrogens is 360 g/mol. The maximum Gasteiger partial charge on any atom is 0.338 e. The number of nitrogens with zero attached hydrogens (tertiary/aromatic N) is 2. The molecule has 8 heteroatoms. The zero-order valence-corrected chi connectivity index (χ0v) is 13.6. The first-order valence-electron chi connectivity index (χ1n) is 5.72. The van der Waals surface area contributed by atoms with Crippen LogP contribution in [0.25, 0.3) is 0 Å². The van der Waals surface area contributed by atoms with Gasteiger partial charge >= 0.3 is 5.97 Å². The van der Waals surface area contributed by atoms with E-state index in [1.165, 1.54) is 14.2 Å². The number of benzene rings is 1. The lowest BCUT2D eigenvalue weighted by Gasteiger charge is -2.08. The molecule has 21 heavy (non-hydrogen) atoms. The first-order valence-corrected chi connectivity index (χ1v) is 7.32. The van der Waals surface area contributed by atoms with Gasteiger partial charge in [0.05, 0.1) is 25.8 Å². The molecule has 110 valence electrons. The minimum absolute atomic E-state index is 0.160. The Hall–Kier alpha value is -1.80. The predicted molar refractivity (Wildman–Crippen MR) is 80.4 cm³/mol. The van der Waals surface area contributed by atoms with Gasteiger partial charge in [-0.05, 0) is 39.8 Å². The quantitative estimate of drug-likeness (QED) is 0.809. The lowest BCUT2D eigenvalue weighted by molar-refractivity contribution is 0.0692. The molecule has 0 saturated heterocycles. The molecule has 1 aromatic heterocycles. The van der Waals surface area contributed by atoms with Crippen molar-refractivity contribution in [1.29, 1.82) is 0 Å². The van der Waals surface area contributed by atoms with Crippen LogP contribution in [0.3, 0.4) is 0 Å². The zero-order chi connectivity index (χ0) is 15.4. The van der Waals surface area contributed by atoms with Crippen LogP contribution in [-0.4, -0.2) is 35.3 Å². The van der Waals surface area contributed by atoms with E-state index in [0.717, 1.165) is 11.8 Å². The molecule has 0 fully saturated rings. The highest BCUT2D eigenvalue weighted by atomic mass is 79.9. The van der Waals surface area contributed by atoms with Crippen molar-refractivity contribution in [3.8, 4) is 11.8 Å². The third kappa shape index (κ3) is 3.64. The smallest absolute Gasteiger partial charge is 0.338 e. The fourth-order valence-corrected chi connectivity index (χ4v) is 3.11. The third-order valence-electron chi connectivity index (χ3n) is 2.47. The molecule has 0 aliphatic carbocycles. The Balaban J connectivity index is 2.43. The van der Waals surface area contributed by atoms with E-state index in [1.807, 2.05) is 0 Å². The number of halogens is 1. The number of rotatable bonds is 5. The Morgan fingerprint density at radius 3 is 2.38 bits per heavy atom. The van der Waals surface area contributed by atoms with Crippen LogP contribution in [-0.2, 0) is 0 Å². The fraction of sp³-hybridized carbons (Fsp3) is 0.154. The van der Waals surface area contributed by atoms with Crippen molar-refractivity contribution in [3.63, 3.8) is 0 Å². The minimum Gasteiger partial charge on any atom is -0.481 e. The Kier molecular flexibility index (Phi) is 5.03. The highest BCUT2D eigenvalue weighted by molar-refractivity contribution is 9.10. The van der Waals surface area contributed by atoms with Gasteiger partial charge in [-0.3, -0.25) is 0 Å². The van der Waals surface area contributed by atoms with E-state index in [9.17, 15) is 9.90 Å². The van der Waals surface area contributed by atoms with Crippen molar-refractivity contribution in [2.24, 2.45) is 0 Å². The maximum absolute atomic E-state index is 11.3. The van der Waals surface area contributed by atoms with Crippen LogP contribution in [0, 0.1) is 0 Å². The van der Waals surface area contributed by atoms with Gasteiger partial charge in [-0.25, -0.2) is 4.79 Å². The van der Waals surface area contributed by atoms with Crippen molar-refractivity contribution < 1.29 is 19.4 Å². The van der Waals surface area contributed by atoms with E-state index >= 15 is 0 Å². The highest BCUT2D eigenvalue weighted by Crippen LogP contribution is 2.33. The molecule has 0 atom stereocenters.